The van der Waals surface area contributed by atoms with E-state index in [-0.39, 0.29) is 22.3 Å². The first kappa shape index (κ1) is 18.6. The zero-order chi connectivity index (χ0) is 18.0. The summed E-state index contributed by atoms with van der Waals surface area (Å²) in [4.78, 5) is 45.7. The largest absolute Gasteiger partial charge is 0.276 e. The van der Waals surface area contributed by atoms with Gasteiger partial charge < -0.3 is 0 Å². The van der Waals surface area contributed by atoms with Crippen LogP contribution in [0.25, 0.3) is 11.1 Å². The molecule has 2 rings (SSSR count). The van der Waals surface area contributed by atoms with Crippen molar-refractivity contribution in [2.45, 2.75) is 0 Å². The Morgan fingerprint density at radius 1 is 0.458 bits per heavy atom. The maximum atomic E-state index is 11.4. The van der Waals surface area contributed by atoms with Gasteiger partial charge in [0, 0.05) is 22.3 Å². The highest BCUT2D eigenvalue weighted by Crippen LogP contribution is 2.27. The Morgan fingerprint density at radius 2 is 0.667 bits per heavy atom. The topological polar surface area (TPSA) is 68.3 Å². The van der Waals surface area contributed by atoms with Gasteiger partial charge in [-0.05, 0) is 93.9 Å². The van der Waals surface area contributed by atoms with E-state index in [1.165, 1.54) is 36.4 Å². The van der Waals surface area contributed by atoms with Crippen molar-refractivity contribution in [2.75, 3.05) is 0 Å². The van der Waals surface area contributed by atoms with Crippen LogP contribution in [-0.2, 0) is 0 Å². The summed E-state index contributed by atoms with van der Waals surface area (Å²) in [6.45, 7) is 0. The first-order chi connectivity index (χ1) is 11.2. The van der Waals surface area contributed by atoms with Gasteiger partial charge in [0.1, 0.15) is 0 Å². The maximum Gasteiger partial charge on any atom is 0.252 e. The van der Waals surface area contributed by atoms with Gasteiger partial charge in [0.2, 0.25) is 0 Å². The third-order valence-corrected chi connectivity index (χ3v) is 3.98. The van der Waals surface area contributed by atoms with Gasteiger partial charge in [-0.15, -0.1) is 0 Å². The molecule has 0 aliphatic rings. The van der Waals surface area contributed by atoms with Crippen molar-refractivity contribution in [2.24, 2.45) is 0 Å². The molecule has 0 aliphatic heterocycles. The van der Waals surface area contributed by atoms with Crippen molar-refractivity contribution in [3.05, 3.63) is 58.7 Å². The van der Waals surface area contributed by atoms with Gasteiger partial charge in [-0.2, -0.15) is 0 Å². The predicted molar refractivity (Wildman–Crippen MR) is 92.6 cm³/mol. The van der Waals surface area contributed by atoms with Crippen molar-refractivity contribution in [1.29, 1.82) is 0 Å². The van der Waals surface area contributed by atoms with Crippen LogP contribution in [0, 0.1) is 0 Å². The molecule has 8 heteroatoms. The average molecular weight is 404 g/mol. The lowest BCUT2D eigenvalue weighted by molar-refractivity contribution is 0.106. The van der Waals surface area contributed by atoms with Crippen molar-refractivity contribution >= 4 is 67.4 Å². The Kier molecular flexibility index (Phi) is 5.78. The quantitative estimate of drug-likeness (QED) is 0.667. The van der Waals surface area contributed by atoms with Crippen LogP contribution in [0.15, 0.2) is 36.4 Å². The number of rotatable bonds is 5. The molecule has 0 radical (unpaired) electrons. The van der Waals surface area contributed by atoms with Gasteiger partial charge in [0.05, 0.1) is 0 Å². The molecule has 0 heterocycles. The highest BCUT2D eigenvalue weighted by Gasteiger charge is 2.15. The molecule has 0 N–H and O–H groups in total. The van der Waals surface area contributed by atoms with Crippen molar-refractivity contribution in [3.63, 3.8) is 0 Å². The standard InChI is InChI=1S/C16H6Cl4O4/c17-13(21)9-1-7(2-10(5-9)14(18)22)8-3-11(15(19)23)6-12(4-8)16(20)24/h1-6H. The van der Waals surface area contributed by atoms with Gasteiger partial charge >= 0.3 is 0 Å². The SMILES string of the molecule is O=C(Cl)c1cc(C(=O)Cl)cc(-c2cc(C(=O)Cl)cc(C(=O)Cl)c2)c1. The summed E-state index contributed by atoms with van der Waals surface area (Å²) in [5.74, 6) is 0. The minimum Gasteiger partial charge on any atom is -0.276 e. The van der Waals surface area contributed by atoms with E-state index in [9.17, 15) is 19.2 Å². The van der Waals surface area contributed by atoms with Crippen LogP contribution in [0.3, 0.4) is 0 Å². The van der Waals surface area contributed by atoms with Crippen LogP contribution in [0.1, 0.15) is 41.4 Å². The second-order valence-electron chi connectivity index (χ2n) is 4.69. The molecule has 0 saturated heterocycles. The molecule has 0 amide bonds. The fourth-order valence-electron chi connectivity index (χ4n) is 2.04. The lowest BCUT2D eigenvalue weighted by Crippen LogP contribution is -1.99. The number of halogens is 4. The predicted octanol–water partition coefficient (Wildman–Crippen LogP) is 4.87. The van der Waals surface area contributed by atoms with Gasteiger partial charge in [0.15, 0.2) is 0 Å². The van der Waals surface area contributed by atoms with E-state index in [1.54, 1.807) is 0 Å². The fourth-order valence-corrected chi connectivity index (χ4v) is 2.48. The number of carbonyl (C=O) groups excluding carboxylic acids is 4. The smallest absolute Gasteiger partial charge is 0.252 e. The minimum atomic E-state index is -0.797. The summed E-state index contributed by atoms with van der Waals surface area (Å²) < 4.78 is 0. The molecule has 24 heavy (non-hydrogen) atoms. The van der Waals surface area contributed by atoms with E-state index in [4.69, 9.17) is 46.4 Å². The third-order valence-electron chi connectivity index (χ3n) is 3.11. The second-order valence-corrected chi connectivity index (χ2v) is 6.07. The summed E-state index contributed by atoms with van der Waals surface area (Å²) in [5.41, 5.74) is 0.784. The van der Waals surface area contributed by atoms with Gasteiger partial charge in [0.25, 0.3) is 21.0 Å². The van der Waals surface area contributed by atoms with Gasteiger partial charge in [-0.3, -0.25) is 19.2 Å². The van der Waals surface area contributed by atoms with Gasteiger partial charge in [-0.1, -0.05) is 0 Å². The first-order valence-electron chi connectivity index (χ1n) is 6.29. The molecule has 2 aromatic rings. The Balaban J connectivity index is 2.74. The lowest BCUT2D eigenvalue weighted by Gasteiger charge is -2.09. The lowest BCUT2D eigenvalue weighted by atomic mass is 9.97. The monoisotopic (exact) mass is 402 g/mol. The number of hydrogen-bond donors (Lipinski definition) is 0. The zero-order valence-electron chi connectivity index (χ0n) is 11.6. The Bertz CT molecular complexity index is 752. The van der Waals surface area contributed by atoms with Crippen LogP contribution in [0.2, 0.25) is 0 Å². The van der Waals surface area contributed by atoms with Crippen molar-refractivity contribution in [1.82, 2.24) is 0 Å². The molecule has 4 nitrogen and oxygen atoms in total. The average Bonchev–Trinajstić information content (AvgIpc) is 2.53. The minimum absolute atomic E-state index is 0.0273. The fraction of sp³-hybridized carbons (Fsp3) is 0. The number of hydrogen-bond acceptors (Lipinski definition) is 4. The molecule has 0 aromatic heterocycles. The summed E-state index contributed by atoms with van der Waals surface area (Å²) in [5, 5.41) is -3.19. The molecular weight excluding hydrogens is 398 g/mol. The van der Waals surface area contributed by atoms with Crippen LogP contribution in [0.4, 0.5) is 0 Å². The van der Waals surface area contributed by atoms with Crippen LogP contribution >= 0.6 is 46.4 Å². The molecule has 2 aromatic carbocycles. The first-order valence-corrected chi connectivity index (χ1v) is 7.80. The van der Waals surface area contributed by atoms with Crippen LogP contribution < -0.4 is 0 Å². The Hall–Kier alpha value is -1.72. The molecule has 0 fully saturated rings. The van der Waals surface area contributed by atoms with E-state index in [1.807, 2.05) is 0 Å². The molecule has 0 spiro atoms. The molecule has 122 valence electrons. The number of carbonyl (C=O) groups is 4. The Morgan fingerprint density at radius 3 is 0.833 bits per heavy atom. The molecule has 0 saturated carbocycles. The van der Waals surface area contributed by atoms with E-state index >= 15 is 0 Å². The molecule has 0 bridgehead atoms. The number of benzene rings is 2. The van der Waals surface area contributed by atoms with Crippen molar-refractivity contribution in [3.8, 4) is 11.1 Å². The van der Waals surface area contributed by atoms with E-state index in [2.05, 4.69) is 0 Å². The zero-order valence-corrected chi connectivity index (χ0v) is 14.6. The molecule has 0 unspecified atom stereocenters. The van der Waals surface area contributed by atoms with E-state index in [0.29, 0.717) is 11.1 Å². The summed E-state index contributed by atoms with van der Waals surface area (Å²) in [6.07, 6.45) is 0. The summed E-state index contributed by atoms with van der Waals surface area (Å²) in [6, 6.07) is 8.02. The van der Waals surface area contributed by atoms with Crippen LogP contribution in [0.5, 0.6) is 0 Å². The highest BCUT2D eigenvalue weighted by molar-refractivity contribution is 6.70. The summed E-state index contributed by atoms with van der Waals surface area (Å²) >= 11 is 21.8. The van der Waals surface area contributed by atoms with Crippen molar-refractivity contribution < 1.29 is 19.2 Å². The Labute approximate surface area is 156 Å². The molecule has 0 aliphatic carbocycles. The van der Waals surface area contributed by atoms with Gasteiger partial charge in [-0.25, -0.2) is 0 Å². The maximum absolute atomic E-state index is 11.4. The second kappa shape index (κ2) is 7.45. The van der Waals surface area contributed by atoms with E-state index < -0.39 is 21.0 Å². The summed E-state index contributed by atoms with van der Waals surface area (Å²) in [7, 11) is 0. The third kappa shape index (κ3) is 4.22. The highest BCUT2D eigenvalue weighted by atomic mass is 35.5. The molecular formula is C16H6Cl4O4. The van der Waals surface area contributed by atoms with Crippen LogP contribution in [-0.4, -0.2) is 21.0 Å². The molecule has 0 atom stereocenters. The van der Waals surface area contributed by atoms with E-state index in [0.717, 1.165) is 0 Å². The normalized spacial score (nSPS) is 10.3.